The van der Waals surface area contributed by atoms with Crippen molar-refractivity contribution in [3.63, 3.8) is 0 Å². The highest BCUT2D eigenvalue weighted by Crippen LogP contribution is 2.33. The Balaban J connectivity index is 1.53. The molecule has 2 fully saturated rings. The second-order valence-electron chi connectivity index (χ2n) is 5.92. The van der Waals surface area contributed by atoms with Crippen molar-refractivity contribution in [2.75, 3.05) is 13.1 Å². The molecule has 0 aromatic carbocycles. The van der Waals surface area contributed by atoms with E-state index < -0.39 is 0 Å². The molecule has 0 radical (unpaired) electrons. The molecule has 1 saturated carbocycles. The predicted octanol–water partition coefficient (Wildman–Crippen LogP) is 1.08. The molecule has 20 heavy (non-hydrogen) atoms. The minimum atomic E-state index is -0.0685. The van der Waals surface area contributed by atoms with E-state index in [1.54, 1.807) is 11.6 Å². The second-order valence-corrected chi connectivity index (χ2v) is 5.92. The smallest absolute Gasteiger partial charge is 0.254 e. The number of likely N-dealkylation sites (tertiary alicyclic amines) is 1. The fraction of sp³-hybridized carbons (Fsp3) is 0.600. The van der Waals surface area contributed by atoms with Crippen LogP contribution in [0.1, 0.15) is 25.0 Å². The average Bonchev–Trinajstić information content (AvgIpc) is 3.13. The summed E-state index contributed by atoms with van der Waals surface area (Å²) in [5, 5.41) is 0. The molecule has 2 heterocycles. The van der Waals surface area contributed by atoms with Crippen LogP contribution in [0.4, 0.5) is 0 Å². The second kappa shape index (κ2) is 4.96. The molecule has 108 valence electrons. The highest BCUT2D eigenvalue weighted by molar-refractivity contribution is 5.77. The molecule has 0 N–H and O–H groups in total. The lowest BCUT2D eigenvalue weighted by atomic mass is 10.1. The number of amides is 1. The molecule has 1 aromatic rings. The number of rotatable bonds is 4. The van der Waals surface area contributed by atoms with Crippen molar-refractivity contribution in [1.82, 2.24) is 9.47 Å². The quantitative estimate of drug-likeness (QED) is 0.827. The molecule has 1 aliphatic carbocycles. The van der Waals surface area contributed by atoms with Crippen LogP contribution in [0.15, 0.2) is 16.9 Å². The Bertz CT molecular complexity index is 583. The number of pyridine rings is 1. The number of hydrogen-bond donors (Lipinski definition) is 0. The van der Waals surface area contributed by atoms with Crippen LogP contribution in [0.3, 0.4) is 0 Å². The summed E-state index contributed by atoms with van der Waals surface area (Å²) in [6, 6.07) is 3.36. The van der Waals surface area contributed by atoms with Crippen molar-refractivity contribution in [1.29, 1.82) is 0 Å². The van der Waals surface area contributed by atoms with Gasteiger partial charge in [0.1, 0.15) is 11.9 Å². The number of ether oxygens (including phenoxy) is 1. The molecule has 0 bridgehead atoms. The Morgan fingerprint density at radius 3 is 2.65 bits per heavy atom. The Morgan fingerprint density at radius 1 is 1.35 bits per heavy atom. The van der Waals surface area contributed by atoms with Gasteiger partial charge in [-0.3, -0.25) is 9.59 Å². The molecule has 0 unspecified atom stereocenters. The van der Waals surface area contributed by atoms with E-state index in [4.69, 9.17) is 4.74 Å². The van der Waals surface area contributed by atoms with Crippen molar-refractivity contribution in [3.05, 3.63) is 28.2 Å². The third-order valence-electron chi connectivity index (χ3n) is 4.14. The van der Waals surface area contributed by atoms with Crippen LogP contribution >= 0.6 is 0 Å². The first kappa shape index (κ1) is 13.2. The van der Waals surface area contributed by atoms with E-state index in [0.29, 0.717) is 31.2 Å². The summed E-state index contributed by atoms with van der Waals surface area (Å²) < 4.78 is 7.34. The molecular formula is C15H20N2O3. The fourth-order valence-electron chi connectivity index (χ4n) is 2.41. The number of nitrogens with zero attached hydrogens (tertiary/aromatic N) is 2. The molecular weight excluding hydrogens is 256 g/mol. The summed E-state index contributed by atoms with van der Waals surface area (Å²) in [6.45, 7) is 3.15. The zero-order chi connectivity index (χ0) is 14.3. The number of aromatic nitrogens is 1. The van der Waals surface area contributed by atoms with Gasteiger partial charge in [-0.05, 0) is 31.7 Å². The van der Waals surface area contributed by atoms with Crippen LogP contribution in [-0.4, -0.2) is 34.6 Å². The van der Waals surface area contributed by atoms with Gasteiger partial charge in [-0.15, -0.1) is 0 Å². The van der Waals surface area contributed by atoms with Gasteiger partial charge in [0.15, 0.2) is 0 Å². The van der Waals surface area contributed by atoms with Gasteiger partial charge >= 0.3 is 0 Å². The molecule has 0 atom stereocenters. The van der Waals surface area contributed by atoms with Crippen molar-refractivity contribution in [3.8, 4) is 5.75 Å². The topological polar surface area (TPSA) is 51.5 Å². The third kappa shape index (κ3) is 2.71. The van der Waals surface area contributed by atoms with Gasteiger partial charge in [-0.2, -0.15) is 0 Å². The largest absolute Gasteiger partial charge is 0.486 e. The summed E-state index contributed by atoms with van der Waals surface area (Å²) in [5.41, 5.74) is 0.800. The summed E-state index contributed by atoms with van der Waals surface area (Å²) in [5.74, 6) is 1.47. The lowest BCUT2D eigenvalue weighted by Crippen LogP contribution is -2.56. The van der Waals surface area contributed by atoms with Gasteiger partial charge in [0, 0.05) is 25.2 Å². The Hall–Kier alpha value is -1.78. The molecule has 0 spiro atoms. The summed E-state index contributed by atoms with van der Waals surface area (Å²) in [6.07, 6.45) is 3.11. The third-order valence-corrected chi connectivity index (χ3v) is 4.14. The number of carbonyl (C=O) groups is 1. The highest BCUT2D eigenvalue weighted by atomic mass is 16.5. The molecule has 1 aliphatic heterocycles. The molecule has 2 aliphatic rings. The molecule has 5 heteroatoms. The van der Waals surface area contributed by atoms with Gasteiger partial charge < -0.3 is 14.2 Å². The van der Waals surface area contributed by atoms with Gasteiger partial charge in [-0.25, -0.2) is 0 Å². The van der Waals surface area contributed by atoms with Gasteiger partial charge in [0.25, 0.3) is 5.56 Å². The van der Waals surface area contributed by atoms with Crippen molar-refractivity contribution in [2.24, 2.45) is 13.0 Å². The normalized spacial score (nSPS) is 18.8. The Labute approximate surface area is 118 Å². The zero-order valence-electron chi connectivity index (χ0n) is 12.0. The van der Waals surface area contributed by atoms with Crippen LogP contribution < -0.4 is 10.3 Å². The van der Waals surface area contributed by atoms with E-state index in [2.05, 4.69) is 0 Å². The van der Waals surface area contributed by atoms with Crippen LogP contribution in [0.5, 0.6) is 5.75 Å². The van der Waals surface area contributed by atoms with E-state index in [1.807, 2.05) is 17.9 Å². The SMILES string of the molecule is Cc1cc(OC2CN(C(=O)CC3CC3)C2)cc(=O)n1C. The van der Waals surface area contributed by atoms with Crippen LogP contribution in [-0.2, 0) is 11.8 Å². The van der Waals surface area contributed by atoms with E-state index in [-0.39, 0.29) is 17.6 Å². The van der Waals surface area contributed by atoms with Crippen molar-refractivity contribution in [2.45, 2.75) is 32.3 Å². The number of carbonyl (C=O) groups excluding carboxylic acids is 1. The van der Waals surface area contributed by atoms with Gasteiger partial charge in [0.05, 0.1) is 13.1 Å². The maximum atomic E-state index is 11.8. The van der Waals surface area contributed by atoms with Crippen molar-refractivity contribution < 1.29 is 9.53 Å². The average molecular weight is 276 g/mol. The summed E-state index contributed by atoms with van der Waals surface area (Å²) >= 11 is 0. The van der Waals surface area contributed by atoms with Gasteiger partial charge in [0.2, 0.25) is 5.91 Å². The zero-order valence-corrected chi connectivity index (χ0v) is 12.0. The number of aryl methyl sites for hydroxylation is 1. The standard InChI is InChI=1S/C15H20N2O3/c1-10-5-12(7-14(18)16(10)2)20-13-8-17(9-13)15(19)6-11-3-4-11/h5,7,11,13H,3-4,6,8-9H2,1-2H3. The van der Waals surface area contributed by atoms with Crippen LogP contribution in [0.25, 0.3) is 0 Å². The fourth-order valence-corrected chi connectivity index (χ4v) is 2.41. The minimum absolute atomic E-state index is 0.0182. The summed E-state index contributed by atoms with van der Waals surface area (Å²) in [4.78, 5) is 25.4. The van der Waals surface area contributed by atoms with E-state index in [1.165, 1.54) is 18.9 Å². The minimum Gasteiger partial charge on any atom is -0.486 e. The Morgan fingerprint density at radius 2 is 2.05 bits per heavy atom. The maximum Gasteiger partial charge on any atom is 0.254 e. The first-order chi connectivity index (χ1) is 9.52. The lowest BCUT2D eigenvalue weighted by Gasteiger charge is -2.39. The van der Waals surface area contributed by atoms with E-state index in [9.17, 15) is 9.59 Å². The van der Waals surface area contributed by atoms with E-state index in [0.717, 1.165) is 5.69 Å². The first-order valence-electron chi connectivity index (χ1n) is 7.15. The van der Waals surface area contributed by atoms with Crippen molar-refractivity contribution >= 4 is 5.91 Å². The lowest BCUT2D eigenvalue weighted by molar-refractivity contribution is -0.140. The predicted molar refractivity (Wildman–Crippen MR) is 74.8 cm³/mol. The van der Waals surface area contributed by atoms with E-state index >= 15 is 0 Å². The van der Waals surface area contributed by atoms with Crippen LogP contribution in [0, 0.1) is 12.8 Å². The molecule has 5 nitrogen and oxygen atoms in total. The monoisotopic (exact) mass is 276 g/mol. The van der Waals surface area contributed by atoms with Gasteiger partial charge in [-0.1, -0.05) is 0 Å². The Kier molecular flexibility index (Phi) is 3.28. The highest BCUT2D eigenvalue weighted by Gasteiger charge is 2.35. The van der Waals surface area contributed by atoms with Crippen LogP contribution in [0.2, 0.25) is 0 Å². The maximum absolute atomic E-state index is 11.8. The molecule has 3 rings (SSSR count). The summed E-state index contributed by atoms with van der Waals surface area (Å²) in [7, 11) is 1.74. The molecule has 1 saturated heterocycles. The molecule has 1 aromatic heterocycles. The molecule has 1 amide bonds. The first-order valence-corrected chi connectivity index (χ1v) is 7.15. The number of hydrogen-bond acceptors (Lipinski definition) is 3.